The zero-order chi connectivity index (χ0) is 12.0. The predicted octanol–water partition coefficient (Wildman–Crippen LogP) is 1.24. The van der Waals surface area contributed by atoms with Crippen molar-refractivity contribution in [1.82, 2.24) is 10.3 Å². The summed E-state index contributed by atoms with van der Waals surface area (Å²) in [5, 5.41) is 2.93. The Kier molecular flexibility index (Phi) is 4.92. The lowest BCUT2D eigenvalue weighted by Gasteiger charge is -2.15. The van der Waals surface area contributed by atoms with Crippen LogP contribution in [0.15, 0.2) is 24.5 Å². The monoisotopic (exact) mass is 221 g/mol. The number of pyridine rings is 1. The highest BCUT2D eigenvalue weighted by atomic mass is 16.1. The lowest BCUT2D eigenvalue weighted by molar-refractivity contribution is -0.122. The van der Waals surface area contributed by atoms with Crippen molar-refractivity contribution < 1.29 is 4.79 Å². The van der Waals surface area contributed by atoms with Gasteiger partial charge in [-0.3, -0.25) is 9.78 Å². The number of amides is 1. The summed E-state index contributed by atoms with van der Waals surface area (Å²) in [6.07, 6.45) is 3.95. The van der Waals surface area contributed by atoms with Crippen molar-refractivity contribution in [2.75, 3.05) is 6.54 Å². The smallest absolute Gasteiger partial charge is 0.220 e. The van der Waals surface area contributed by atoms with E-state index in [-0.39, 0.29) is 17.9 Å². The van der Waals surface area contributed by atoms with E-state index in [1.54, 1.807) is 12.4 Å². The summed E-state index contributed by atoms with van der Waals surface area (Å²) in [6.45, 7) is 4.45. The van der Waals surface area contributed by atoms with Crippen molar-refractivity contribution in [3.05, 3.63) is 30.1 Å². The fourth-order valence-corrected chi connectivity index (χ4v) is 1.42. The second-order valence-corrected chi connectivity index (χ2v) is 4.12. The van der Waals surface area contributed by atoms with E-state index in [2.05, 4.69) is 10.3 Å². The molecule has 0 aromatic carbocycles. The average molecular weight is 221 g/mol. The highest BCUT2D eigenvalue weighted by Crippen LogP contribution is 2.10. The highest BCUT2D eigenvalue weighted by Gasteiger charge is 2.11. The van der Waals surface area contributed by atoms with Crippen LogP contribution in [0.3, 0.4) is 0 Å². The topological polar surface area (TPSA) is 68.0 Å². The molecular weight excluding hydrogens is 202 g/mol. The molecule has 0 bridgehead atoms. The fourth-order valence-electron chi connectivity index (χ4n) is 1.42. The quantitative estimate of drug-likeness (QED) is 0.786. The molecule has 1 aromatic rings. The van der Waals surface area contributed by atoms with Crippen molar-refractivity contribution in [2.45, 2.75) is 26.3 Å². The molecule has 0 aliphatic rings. The second kappa shape index (κ2) is 6.23. The summed E-state index contributed by atoms with van der Waals surface area (Å²) < 4.78 is 0. The molecule has 2 atom stereocenters. The van der Waals surface area contributed by atoms with Crippen molar-refractivity contribution in [3.63, 3.8) is 0 Å². The SMILES string of the molecule is CC(CN)CC(=O)N[C@H](C)c1cccnc1. The first-order chi connectivity index (χ1) is 7.63. The predicted molar refractivity (Wildman–Crippen MR) is 63.6 cm³/mol. The average Bonchev–Trinajstić information content (AvgIpc) is 2.29. The molecule has 0 saturated carbocycles. The molecule has 0 saturated heterocycles. The molecule has 1 amide bonds. The summed E-state index contributed by atoms with van der Waals surface area (Å²) in [4.78, 5) is 15.6. The molecule has 0 radical (unpaired) electrons. The summed E-state index contributed by atoms with van der Waals surface area (Å²) in [7, 11) is 0. The lowest BCUT2D eigenvalue weighted by atomic mass is 10.1. The molecule has 16 heavy (non-hydrogen) atoms. The molecule has 3 N–H and O–H groups in total. The minimum Gasteiger partial charge on any atom is -0.350 e. The highest BCUT2D eigenvalue weighted by molar-refractivity contribution is 5.76. The van der Waals surface area contributed by atoms with Crippen LogP contribution in [0.5, 0.6) is 0 Å². The maximum atomic E-state index is 11.6. The third-order valence-electron chi connectivity index (χ3n) is 2.50. The van der Waals surface area contributed by atoms with Crippen LogP contribution >= 0.6 is 0 Å². The molecule has 1 aromatic heterocycles. The van der Waals surface area contributed by atoms with Crippen LogP contribution in [0.2, 0.25) is 0 Å². The third-order valence-corrected chi connectivity index (χ3v) is 2.50. The van der Waals surface area contributed by atoms with E-state index in [9.17, 15) is 4.79 Å². The van der Waals surface area contributed by atoms with Crippen LogP contribution in [0, 0.1) is 5.92 Å². The number of carbonyl (C=O) groups excluding carboxylic acids is 1. The Bertz CT molecular complexity index is 326. The van der Waals surface area contributed by atoms with Gasteiger partial charge in [-0.2, -0.15) is 0 Å². The van der Waals surface area contributed by atoms with Gasteiger partial charge < -0.3 is 11.1 Å². The van der Waals surface area contributed by atoms with E-state index < -0.39 is 0 Å². The van der Waals surface area contributed by atoms with Gasteiger partial charge in [-0.1, -0.05) is 13.0 Å². The zero-order valence-corrected chi connectivity index (χ0v) is 9.81. The second-order valence-electron chi connectivity index (χ2n) is 4.12. The van der Waals surface area contributed by atoms with Crippen LogP contribution < -0.4 is 11.1 Å². The number of hydrogen-bond acceptors (Lipinski definition) is 3. The molecule has 0 spiro atoms. The molecule has 0 aliphatic heterocycles. The molecule has 4 heteroatoms. The van der Waals surface area contributed by atoms with Crippen molar-refractivity contribution >= 4 is 5.91 Å². The molecule has 1 heterocycles. The van der Waals surface area contributed by atoms with E-state index >= 15 is 0 Å². The first kappa shape index (κ1) is 12.6. The summed E-state index contributed by atoms with van der Waals surface area (Å²) in [5.74, 6) is 0.260. The molecule has 1 rings (SSSR count). The Balaban J connectivity index is 2.46. The van der Waals surface area contributed by atoms with E-state index in [0.717, 1.165) is 5.56 Å². The molecule has 88 valence electrons. The lowest BCUT2D eigenvalue weighted by Crippen LogP contribution is -2.29. The van der Waals surface area contributed by atoms with Crippen LogP contribution in [0.1, 0.15) is 31.9 Å². The van der Waals surface area contributed by atoms with Crippen LogP contribution in [0.25, 0.3) is 0 Å². The Hall–Kier alpha value is -1.42. The Morgan fingerprint density at radius 1 is 1.56 bits per heavy atom. The maximum Gasteiger partial charge on any atom is 0.220 e. The van der Waals surface area contributed by atoms with E-state index in [1.165, 1.54) is 0 Å². The van der Waals surface area contributed by atoms with Gasteiger partial charge in [-0.25, -0.2) is 0 Å². The van der Waals surface area contributed by atoms with E-state index in [0.29, 0.717) is 13.0 Å². The molecular formula is C12H19N3O. The van der Waals surface area contributed by atoms with Gasteiger partial charge >= 0.3 is 0 Å². The van der Waals surface area contributed by atoms with Gasteiger partial charge in [-0.15, -0.1) is 0 Å². The number of rotatable bonds is 5. The molecule has 0 fully saturated rings. The summed E-state index contributed by atoms with van der Waals surface area (Å²) in [6, 6.07) is 3.80. The van der Waals surface area contributed by atoms with Gasteiger partial charge in [0.25, 0.3) is 0 Å². The number of aromatic nitrogens is 1. The van der Waals surface area contributed by atoms with Crippen molar-refractivity contribution in [3.8, 4) is 0 Å². The Morgan fingerprint density at radius 2 is 2.31 bits per heavy atom. The standard InChI is InChI=1S/C12H19N3O/c1-9(7-13)6-12(16)15-10(2)11-4-3-5-14-8-11/h3-5,8-10H,6-7,13H2,1-2H3,(H,15,16)/t9?,10-/m1/s1. The van der Waals surface area contributed by atoms with Crippen LogP contribution in [-0.2, 0) is 4.79 Å². The minimum absolute atomic E-state index is 0.00817. The van der Waals surface area contributed by atoms with E-state index in [1.807, 2.05) is 26.0 Å². The minimum atomic E-state index is -0.00817. The first-order valence-corrected chi connectivity index (χ1v) is 5.52. The number of nitrogens with two attached hydrogens (primary N) is 1. The number of carbonyl (C=O) groups is 1. The van der Waals surface area contributed by atoms with Crippen LogP contribution in [0.4, 0.5) is 0 Å². The van der Waals surface area contributed by atoms with Gasteiger partial charge in [-0.05, 0) is 31.0 Å². The first-order valence-electron chi connectivity index (χ1n) is 5.52. The van der Waals surface area contributed by atoms with Crippen LogP contribution in [-0.4, -0.2) is 17.4 Å². The van der Waals surface area contributed by atoms with Gasteiger partial charge in [0.05, 0.1) is 6.04 Å². The Morgan fingerprint density at radius 3 is 2.88 bits per heavy atom. The van der Waals surface area contributed by atoms with Crippen molar-refractivity contribution in [2.24, 2.45) is 11.7 Å². The van der Waals surface area contributed by atoms with Crippen molar-refractivity contribution in [1.29, 1.82) is 0 Å². The molecule has 4 nitrogen and oxygen atoms in total. The number of hydrogen-bond donors (Lipinski definition) is 2. The summed E-state index contributed by atoms with van der Waals surface area (Å²) >= 11 is 0. The van der Waals surface area contributed by atoms with Gasteiger partial charge in [0, 0.05) is 18.8 Å². The van der Waals surface area contributed by atoms with Gasteiger partial charge in [0.2, 0.25) is 5.91 Å². The molecule has 1 unspecified atom stereocenters. The van der Waals surface area contributed by atoms with Gasteiger partial charge in [0.15, 0.2) is 0 Å². The fraction of sp³-hybridized carbons (Fsp3) is 0.500. The maximum absolute atomic E-state index is 11.6. The Labute approximate surface area is 96.3 Å². The largest absolute Gasteiger partial charge is 0.350 e. The number of nitrogens with one attached hydrogen (secondary N) is 1. The van der Waals surface area contributed by atoms with E-state index in [4.69, 9.17) is 5.73 Å². The van der Waals surface area contributed by atoms with Gasteiger partial charge in [0.1, 0.15) is 0 Å². The number of nitrogens with zero attached hydrogens (tertiary/aromatic N) is 1. The molecule has 0 aliphatic carbocycles. The normalized spacial score (nSPS) is 14.2. The zero-order valence-electron chi connectivity index (χ0n) is 9.81. The third kappa shape index (κ3) is 3.98. The summed E-state index contributed by atoms with van der Waals surface area (Å²) in [5.41, 5.74) is 6.48.